The first kappa shape index (κ1) is 32.9. The Morgan fingerprint density at radius 2 is 1.53 bits per heavy atom. The number of amides is 1. The van der Waals surface area contributed by atoms with Crippen molar-refractivity contribution in [1.29, 1.82) is 0 Å². The van der Waals surface area contributed by atoms with E-state index in [1.807, 2.05) is 102 Å². The molecule has 0 bridgehead atoms. The summed E-state index contributed by atoms with van der Waals surface area (Å²) in [4.78, 5) is 40.9. The number of para-hydroxylation sites is 1. The number of thiophene rings is 1. The molecule has 1 heterocycles. The molecule has 0 aliphatic carbocycles. The fourth-order valence-electron chi connectivity index (χ4n) is 5.02. The lowest BCUT2D eigenvalue weighted by Crippen LogP contribution is -2.33. The zero-order chi connectivity index (χ0) is 32.8. The Bertz CT molecular complexity index is 1770. The molecule has 5 aromatic rings. The Hall–Kier alpha value is -5.47. The number of carbonyl (C=O) groups is 3. The summed E-state index contributed by atoms with van der Waals surface area (Å²) in [5, 5.41) is 7.21. The quantitative estimate of drug-likeness (QED) is 0.0732. The SMILES string of the molecule is COC(=O)[C@H](Cc1ccc(OCCN(Cc2ccccc2)C(=O)/C=C/c2ccsc2)cc1)Nc1ccccc1C(=O)c1ccccc1. The molecule has 7 nitrogen and oxygen atoms in total. The first-order valence-corrected chi connectivity index (χ1v) is 16.2. The highest BCUT2D eigenvalue weighted by molar-refractivity contribution is 7.08. The Kier molecular flexibility index (Phi) is 11.7. The second kappa shape index (κ2) is 16.7. The van der Waals surface area contributed by atoms with Gasteiger partial charge in [0.15, 0.2) is 5.78 Å². The largest absolute Gasteiger partial charge is 0.492 e. The van der Waals surface area contributed by atoms with Crippen molar-refractivity contribution in [2.75, 3.05) is 25.6 Å². The maximum Gasteiger partial charge on any atom is 0.328 e. The Morgan fingerprint density at radius 1 is 0.830 bits per heavy atom. The number of ether oxygens (including phenoxy) is 2. The number of hydrogen-bond acceptors (Lipinski definition) is 7. The van der Waals surface area contributed by atoms with Gasteiger partial charge in [-0.1, -0.05) is 84.9 Å². The van der Waals surface area contributed by atoms with Crippen molar-refractivity contribution in [2.45, 2.75) is 19.0 Å². The van der Waals surface area contributed by atoms with Crippen LogP contribution in [0.2, 0.25) is 0 Å². The standard InChI is InChI=1S/C39H36N2O5S/c1-45-39(44)36(40-35-15-9-8-14-34(35)38(43)32-12-6-3-7-13-32)26-29-16-19-33(20-17-29)46-24-23-41(27-30-10-4-2-5-11-30)37(42)21-18-31-22-25-47-28-31/h2-22,25,28,36,40H,23-24,26-27H2,1H3/b21-18+/t36-/m0/s1. The van der Waals surface area contributed by atoms with Crippen molar-refractivity contribution in [1.82, 2.24) is 4.90 Å². The van der Waals surface area contributed by atoms with Crippen LogP contribution < -0.4 is 10.1 Å². The number of nitrogens with zero attached hydrogens (tertiary/aromatic N) is 1. The van der Waals surface area contributed by atoms with Gasteiger partial charge in [0.25, 0.3) is 0 Å². The average Bonchev–Trinajstić information content (AvgIpc) is 3.65. The van der Waals surface area contributed by atoms with Gasteiger partial charge < -0.3 is 19.7 Å². The van der Waals surface area contributed by atoms with E-state index in [4.69, 9.17) is 9.47 Å². The van der Waals surface area contributed by atoms with Crippen LogP contribution in [0.5, 0.6) is 5.75 Å². The second-order valence-electron chi connectivity index (χ2n) is 10.8. The molecule has 0 aliphatic rings. The highest BCUT2D eigenvalue weighted by Crippen LogP contribution is 2.22. The molecule has 0 spiro atoms. The number of carbonyl (C=O) groups excluding carboxylic acids is 3. The van der Waals surface area contributed by atoms with Crippen LogP contribution in [0.3, 0.4) is 0 Å². The third kappa shape index (κ3) is 9.51. The van der Waals surface area contributed by atoms with E-state index in [0.29, 0.717) is 48.7 Å². The van der Waals surface area contributed by atoms with Gasteiger partial charge in [0, 0.05) is 35.9 Å². The van der Waals surface area contributed by atoms with Gasteiger partial charge in [-0.15, -0.1) is 0 Å². The number of benzene rings is 4. The molecule has 0 saturated heterocycles. The van der Waals surface area contributed by atoms with Gasteiger partial charge in [-0.3, -0.25) is 9.59 Å². The normalized spacial score (nSPS) is 11.5. The lowest BCUT2D eigenvalue weighted by atomic mass is 10.00. The van der Waals surface area contributed by atoms with E-state index < -0.39 is 12.0 Å². The number of esters is 1. The van der Waals surface area contributed by atoms with Gasteiger partial charge in [0.05, 0.1) is 13.7 Å². The van der Waals surface area contributed by atoms with E-state index in [1.165, 1.54) is 7.11 Å². The Labute approximate surface area is 279 Å². The lowest BCUT2D eigenvalue weighted by Gasteiger charge is -2.22. The molecular formula is C39H36N2O5S. The molecule has 5 rings (SSSR count). The molecule has 0 fully saturated rings. The summed E-state index contributed by atoms with van der Waals surface area (Å²) in [6, 6.07) is 34.8. The zero-order valence-electron chi connectivity index (χ0n) is 26.1. The van der Waals surface area contributed by atoms with E-state index in [1.54, 1.807) is 52.6 Å². The van der Waals surface area contributed by atoms with E-state index in [2.05, 4.69) is 5.32 Å². The van der Waals surface area contributed by atoms with Gasteiger partial charge in [0.2, 0.25) is 5.91 Å². The average molecular weight is 645 g/mol. The van der Waals surface area contributed by atoms with E-state index in [0.717, 1.165) is 16.7 Å². The van der Waals surface area contributed by atoms with Gasteiger partial charge in [0.1, 0.15) is 18.4 Å². The van der Waals surface area contributed by atoms with Crippen molar-refractivity contribution < 1.29 is 23.9 Å². The van der Waals surface area contributed by atoms with Crippen molar-refractivity contribution in [3.8, 4) is 5.75 Å². The number of rotatable bonds is 15. The number of anilines is 1. The van der Waals surface area contributed by atoms with Crippen molar-refractivity contribution in [2.24, 2.45) is 0 Å². The van der Waals surface area contributed by atoms with E-state index >= 15 is 0 Å². The van der Waals surface area contributed by atoms with Crippen molar-refractivity contribution in [3.63, 3.8) is 0 Å². The summed E-state index contributed by atoms with van der Waals surface area (Å²) in [7, 11) is 1.35. The minimum atomic E-state index is -0.726. The molecule has 1 aromatic heterocycles. The van der Waals surface area contributed by atoms with Gasteiger partial charge in [-0.2, -0.15) is 11.3 Å². The highest BCUT2D eigenvalue weighted by Gasteiger charge is 2.23. The minimum absolute atomic E-state index is 0.0904. The number of hydrogen-bond donors (Lipinski definition) is 1. The second-order valence-corrected chi connectivity index (χ2v) is 11.6. The highest BCUT2D eigenvalue weighted by atomic mass is 32.1. The molecule has 1 amide bonds. The van der Waals surface area contributed by atoms with Crippen LogP contribution in [0, 0.1) is 0 Å². The summed E-state index contributed by atoms with van der Waals surface area (Å²) in [6.45, 7) is 1.18. The maximum absolute atomic E-state index is 13.2. The monoisotopic (exact) mass is 644 g/mol. The summed E-state index contributed by atoms with van der Waals surface area (Å²) < 4.78 is 11.1. The molecule has 0 radical (unpaired) electrons. The molecule has 8 heteroatoms. The molecule has 47 heavy (non-hydrogen) atoms. The van der Waals surface area contributed by atoms with Crippen molar-refractivity contribution >= 4 is 40.8 Å². The van der Waals surface area contributed by atoms with Gasteiger partial charge in [-0.25, -0.2) is 4.79 Å². The third-order valence-electron chi connectivity index (χ3n) is 7.51. The van der Waals surface area contributed by atoms with Crippen LogP contribution in [0.25, 0.3) is 6.08 Å². The molecular weight excluding hydrogens is 609 g/mol. The zero-order valence-corrected chi connectivity index (χ0v) is 26.9. The number of ketones is 1. The fourth-order valence-corrected chi connectivity index (χ4v) is 5.65. The third-order valence-corrected chi connectivity index (χ3v) is 8.21. The first-order valence-electron chi connectivity index (χ1n) is 15.3. The molecule has 0 aliphatic heterocycles. The van der Waals surface area contributed by atoms with Crippen molar-refractivity contribution in [3.05, 3.63) is 160 Å². The maximum atomic E-state index is 13.2. The van der Waals surface area contributed by atoms with E-state index in [9.17, 15) is 14.4 Å². The lowest BCUT2D eigenvalue weighted by molar-refractivity contribution is -0.141. The number of nitrogens with one attached hydrogen (secondary N) is 1. The topological polar surface area (TPSA) is 84.9 Å². The summed E-state index contributed by atoms with van der Waals surface area (Å²) in [6.07, 6.45) is 3.75. The molecule has 0 saturated carbocycles. The summed E-state index contributed by atoms with van der Waals surface area (Å²) in [5.41, 5.74) is 4.50. The fraction of sp³-hybridized carbons (Fsp3) is 0.154. The predicted octanol–water partition coefficient (Wildman–Crippen LogP) is 7.30. The van der Waals surface area contributed by atoms with Crippen LogP contribution in [0.1, 0.15) is 32.6 Å². The first-order chi connectivity index (χ1) is 23.0. The summed E-state index contributed by atoms with van der Waals surface area (Å²) in [5.74, 6) is -0.0201. The van der Waals surface area contributed by atoms with Crippen LogP contribution in [0.4, 0.5) is 5.69 Å². The summed E-state index contributed by atoms with van der Waals surface area (Å²) >= 11 is 1.59. The number of methoxy groups -OCH3 is 1. The van der Waals surface area contributed by atoms with Crippen LogP contribution in [-0.2, 0) is 27.3 Å². The molecule has 238 valence electrons. The molecule has 0 unspecified atom stereocenters. The Morgan fingerprint density at radius 3 is 2.23 bits per heavy atom. The van der Waals surface area contributed by atoms with Gasteiger partial charge >= 0.3 is 5.97 Å². The van der Waals surface area contributed by atoms with E-state index in [-0.39, 0.29) is 11.7 Å². The van der Waals surface area contributed by atoms with Crippen LogP contribution >= 0.6 is 11.3 Å². The molecule has 1 atom stereocenters. The minimum Gasteiger partial charge on any atom is -0.492 e. The predicted molar refractivity (Wildman–Crippen MR) is 187 cm³/mol. The van der Waals surface area contributed by atoms with Gasteiger partial charge in [-0.05, 0) is 63.9 Å². The molecule has 1 N–H and O–H groups in total. The van der Waals surface area contributed by atoms with Crippen LogP contribution in [0.15, 0.2) is 132 Å². The Balaban J connectivity index is 1.21. The molecule has 4 aromatic carbocycles. The van der Waals surface area contributed by atoms with Crippen LogP contribution in [-0.4, -0.2) is 48.9 Å². The smallest absolute Gasteiger partial charge is 0.328 e.